The zero-order chi connectivity index (χ0) is 12.9. The summed E-state index contributed by atoms with van der Waals surface area (Å²) in [6.45, 7) is 5.40. The molecule has 0 radical (unpaired) electrons. The van der Waals surface area contributed by atoms with Crippen molar-refractivity contribution in [1.82, 2.24) is 5.32 Å². The summed E-state index contributed by atoms with van der Waals surface area (Å²) < 4.78 is 0. The van der Waals surface area contributed by atoms with Gasteiger partial charge in [-0.2, -0.15) is 0 Å². The lowest BCUT2D eigenvalue weighted by Crippen LogP contribution is -2.23. The average molecular weight is 306 g/mol. The maximum absolute atomic E-state index is 11.4. The lowest BCUT2D eigenvalue weighted by atomic mass is 10.0. The molecule has 102 valence electrons. The number of rotatable bonds is 11. The van der Waals surface area contributed by atoms with E-state index in [1.165, 1.54) is 25.7 Å². The number of carbonyl (C=O) groups excluding carboxylic acids is 1. The highest BCUT2D eigenvalue weighted by Crippen LogP contribution is 2.09. The summed E-state index contributed by atoms with van der Waals surface area (Å²) in [5, 5.41) is 3.98. The van der Waals surface area contributed by atoms with Crippen molar-refractivity contribution in [1.29, 1.82) is 0 Å². The largest absolute Gasteiger partial charge is 0.356 e. The van der Waals surface area contributed by atoms with E-state index in [-0.39, 0.29) is 5.91 Å². The fourth-order valence-corrected chi connectivity index (χ4v) is 2.12. The smallest absolute Gasteiger partial charge is 0.219 e. The van der Waals surface area contributed by atoms with Gasteiger partial charge in [-0.25, -0.2) is 0 Å². The Morgan fingerprint density at radius 1 is 1.06 bits per heavy atom. The van der Waals surface area contributed by atoms with Gasteiger partial charge in [0.15, 0.2) is 0 Å². The van der Waals surface area contributed by atoms with Crippen molar-refractivity contribution in [2.24, 2.45) is 5.92 Å². The summed E-state index contributed by atoms with van der Waals surface area (Å²) >= 11 is 3.37. The molecule has 0 unspecified atom stereocenters. The van der Waals surface area contributed by atoms with Crippen molar-refractivity contribution in [2.45, 2.75) is 65.2 Å². The highest BCUT2D eigenvalue weighted by Gasteiger charge is 1.99. The van der Waals surface area contributed by atoms with Crippen molar-refractivity contribution in [3.63, 3.8) is 0 Å². The van der Waals surface area contributed by atoms with Gasteiger partial charge in [-0.1, -0.05) is 55.5 Å². The predicted octanol–water partition coefficient (Wildman–Crippen LogP) is 4.27. The van der Waals surface area contributed by atoms with E-state index in [0.29, 0.717) is 6.42 Å². The van der Waals surface area contributed by atoms with Gasteiger partial charge in [0.05, 0.1) is 0 Å². The molecule has 0 fully saturated rings. The van der Waals surface area contributed by atoms with Crippen LogP contribution < -0.4 is 5.32 Å². The van der Waals surface area contributed by atoms with Crippen LogP contribution in [-0.2, 0) is 4.79 Å². The Morgan fingerprint density at radius 2 is 1.76 bits per heavy atom. The number of hydrogen-bond donors (Lipinski definition) is 1. The third kappa shape index (κ3) is 13.9. The van der Waals surface area contributed by atoms with Crippen molar-refractivity contribution >= 4 is 21.8 Å². The monoisotopic (exact) mass is 305 g/mol. The molecule has 0 spiro atoms. The van der Waals surface area contributed by atoms with Crippen molar-refractivity contribution < 1.29 is 4.79 Å². The average Bonchev–Trinajstić information content (AvgIpc) is 2.28. The van der Waals surface area contributed by atoms with E-state index < -0.39 is 0 Å². The highest BCUT2D eigenvalue weighted by molar-refractivity contribution is 9.09. The maximum Gasteiger partial charge on any atom is 0.219 e. The van der Waals surface area contributed by atoms with E-state index in [9.17, 15) is 4.79 Å². The molecule has 2 nitrogen and oxygen atoms in total. The highest BCUT2D eigenvalue weighted by atomic mass is 79.9. The molecule has 0 aliphatic rings. The molecule has 0 bridgehead atoms. The minimum absolute atomic E-state index is 0.216. The Hall–Kier alpha value is -0.0500. The quantitative estimate of drug-likeness (QED) is 0.448. The molecule has 1 amide bonds. The van der Waals surface area contributed by atoms with Gasteiger partial charge in [-0.15, -0.1) is 0 Å². The van der Waals surface area contributed by atoms with E-state index in [1.54, 1.807) is 0 Å². The van der Waals surface area contributed by atoms with Gasteiger partial charge >= 0.3 is 0 Å². The molecule has 1 N–H and O–H groups in total. The first-order valence-electron chi connectivity index (χ1n) is 6.99. The number of unbranched alkanes of at least 4 members (excludes halogenated alkanes) is 4. The molecule has 0 aromatic rings. The second-order valence-corrected chi connectivity index (χ2v) is 5.89. The van der Waals surface area contributed by atoms with E-state index in [2.05, 4.69) is 35.1 Å². The van der Waals surface area contributed by atoms with Crippen LogP contribution >= 0.6 is 15.9 Å². The Bertz CT molecular complexity index is 183. The number of halogens is 1. The van der Waals surface area contributed by atoms with Crippen LogP contribution in [0.3, 0.4) is 0 Å². The molecule has 0 aromatic carbocycles. The molecule has 0 saturated carbocycles. The summed E-state index contributed by atoms with van der Waals surface area (Å²) in [6.07, 6.45) is 9.09. The SMILES string of the molecule is CC(C)CCCCCCNC(=O)CCCCBr. The zero-order valence-electron chi connectivity index (χ0n) is 11.4. The molecular formula is C14H28BrNO. The number of carbonyl (C=O) groups is 1. The molecule has 0 aliphatic heterocycles. The summed E-state index contributed by atoms with van der Waals surface area (Å²) in [4.78, 5) is 11.4. The first-order chi connectivity index (χ1) is 8.16. The molecule has 0 aromatic heterocycles. The minimum Gasteiger partial charge on any atom is -0.356 e. The second-order valence-electron chi connectivity index (χ2n) is 5.09. The van der Waals surface area contributed by atoms with Crippen LogP contribution in [0.2, 0.25) is 0 Å². The molecule has 0 saturated heterocycles. The molecular weight excluding hydrogens is 278 g/mol. The van der Waals surface area contributed by atoms with Gasteiger partial charge in [0.2, 0.25) is 5.91 Å². The van der Waals surface area contributed by atoms with Gasteiger partial charge in [-0.05, 0) is 25.2 Å². The minimum atomic E-state index is 0.216. The van der Waals surface area contributed by atoms with Gasteiger partial charge in [0.25, 0.3) is 0 Å². The normalized spacial score (nSPS) is 10.8. The van der Waals surface area contributed by atoms with E-state index in [4.69, 9.17) is 0 Å². The van der Waals surface area contributed by atoms with Crippen molar-refractivity contribution in [2.75, 3.05) is 11.9 Å². The second kappa shape index (κ2) is 12.4. The number of hydrogen-bond acceptors (Lipinski definition) is 1. The molecule has 0 aliphatic carbocycles. The first-order valence-corrected chi connectivity index (χ1v) is 8.11. The van der Waals surface area contributed by atoms with Crippen molar-refractivity contribution in [3.05, 3.63) is 0 Å². The van der Waals surface area contributed by atoms with Crippen LogP contribution in [0, 0.1) is 5.92 Å². The lowest BCUT2D eigenvalue weighted by molar-refractivity contribution is -0.121. The first kappa shape index (κ1) is 16.9. The number of amides is 1. The van der Waals surface area contributed by atoms with Crippen molar-refractivity contribution in [3.8, 4) is 0 Å². The third-order valence-electron chi connectivity index (χ3n) is 2.82. The van der Waals surface area contributed by atoms with Gasteiger partial charge in [0, 0.05) is 18.3 Å². The zero-order valence-corrected chi connectivity index (χ0v) is 13.0. The summed E-state index contributed by atoms with van der Waals surface area (Å²) in [5.41, 5.74) is 0. The Balaban J connectivity index is 3.14. The molecule has 0 rings (SSSR count). The Kier molecular flexibility index (Phi) is 12.4. The van der Waals surface area contributed by atoms with Crippen LogP contribution in [0.1, 0.15) is 65.2 Å². The van der Waals surface area contributed by atoms with Crippen LogP contribution in [0.25, 0.3) is 0 Å². The Labute approximate surface area is 115 Å². The lowest BCUT2D eigenvalue weighted by Gasteiger charge is -2.06. The predicted molar refractivity (Wildman–Crippen MR) is 78.6 cm³/mol. The van der Waals surface area contributed by atoms with Gasteiger partial charge in [-0.3, -0.25) is 4.79 Å². The fraction of sp³-hybridized carbons (Fsp3) is 0.929. The van der Waals surface area contributed by atoms with Gasteiger partial charge in [0.1, 0.15) is 0 Å². The molecule has 3 heteroatoms. The van der Waals surface area contributed by atoms with Crippen LogP contribution in [0.15, 0.2) is 0 Å². The topological polar surface area (TPSA) is 29.1 Å². The van der Waals surface area contributed by atoms with Crippen LogP contribution in [0.4, 0.5) is 0 Å². The fourth-order valence-electron chi connectivity index (χ4n) is 1.73. The van der Waals surface area contributed by atoms with E-state index >= 15 is 0 Å². The molecule has 0 atom stereocenters. The Morgan fingerprint density at radius 3 is 2.41 bits per heavy atom. The van der Waals surface area contributed by atoms with Crippen LogP contribution in [-0.4, -0.2) is 17.8 Å². The number of alkyl halides is 1. The maximum atomic E-state index is 11.4. The van der Waals surface area contributed by atoms with Gasteiger partial charge < -0.3 is 5.32 Å². The summed E-state index contributed by atoms with van der Waals surface area (Å²) in [6, 6.07) is 0. The molecule has 0 heterocycles. The van der Waals surface area contributed by atoms with E-state index in [0.717, 1.165) is 37.1 Å². The number of nitrogens with one attached hydrogen (secondary N) is 1. The summed E-state index contributed by atoms with van der Waals surface area (Å²) in [5.74, 6) is 1.04. The third-order valence-corrected chi connectivity index (χ3v) is 3.38. The standard InChI is InChI=1S/C14H28BrNO/c1-13(2)9-5-3-4-8-12-16-14(17)10-6-7-11-15/h13H,3-12H2,1-2H3,(H,16,17). The summed E-state index contributed by atoms with van der Waals surface area (Å²) in [7, 11) is 0. The molecule has 17 heavy (non-hydrogen) atoms. The van der Waals surface area contributed by atoms with Crippen LogP contribution in [0.5, 0.6) is 0 Å². The van der Waals surface area contributed by atoms with E-state index in [1.807, 2.05) is 0 Å².